The molecule has 0 bridgehead atoms. The summed E-state index contributed by atoms with van der Waals surface area (Å²) in [6, 6.07) is 21.1. The van der Waals surface area contributed by atoms with E-state index < -0.39 is 11.7 Å². The highest BCUT2D eigenvalue weighted by Gasteiger charge is 2.20. The van der Waals surface area contributed by atoms with Crippen LogP contribution in [0.5, 0.6) is 23.0 Å². The smallest absolute Gasteiger partial charge is 0.339 e. The zero-order valence-electron chi connectivity index (χ0n) is 13.3. The average molecular weight is 336 g/mol. The number of ether oxygens (including phenoxy) is 2. The number of hydrogen-bond acceptors (Lipinski definition) is 4. The van der Waals surface area contributed by atoms with Gasteiger partial charge in [-0.1, -0.05) is 48.5 Å². The first-order chi connectivity index (χ1) is 12.1. The van der Waals surface area contributed by atoms with Gasteiger partial charge in [0.25, 0.3) is 0 Å². The zero-order valence-corrected chi connectivity index (χ0v) is 13.3. The molecule has 3 rings (SSSR count). The van der Waals surface area contributed by atoms with Gasteiger partial charge in [0.2, 0.25) is 5.75 Å². The normalized spacial score (nSPS) is 10.2. The molecule has 0 saturated heterocycles. The average Bonchev–Trinajstić information content (AvgIpc) is 2.63. The van der Waals surface area contributed by atoms with Gasteiger partial charge in [-0.25, -0.2) is 4.79 Å². The number of rotatable bonds is 6. The Kier molecular flexibility index (Phi) is 4.85. The Morgan fingerprint density at radius 2 is 1.52 bits per heavy atom. The molecule has 2 N–H and O–H groups in total. The van der Waals surface area contributed by atoms with E-state index in [-0.39, 0.29) is 23.7 Å². The van der Waals surface area contributed by atoms with E-state index in [1.165, 1.54) is 12.1 Å². The maximum Gasteiger partial charge on any atom is 0.339 e. The van der Waals surface area contributed by atoms with Crippen molar-refractivity contribution in [2.75, 3.05) is 0 Å². The number of aromatic carboxylic acids is 1. The Morgan fingerprint density at radius 1 is 0.880 bits per heavy atom. The van der Waals surface area contributed by atoms with Gasteiger partial charge in [0.1, 0.15) is 17.9 Å². The summed E-state index contributed by atoms with van der Waals surface area (Å²) in [6.07, 6.45) is 0. The van der Waals surface area contributed by atoms with E-state index in [1.807, 2.05) is 48.5 Å². The Balaban J connectivity index is 1.93. The van der Waals surface area contributed by atoms with Crippen LogP contribution in [-0.2, 0) is 6.61 Å². The first-order valence-corrected chi connectivity index (χ1v) is 7.64. The van der Waals surface area contributed by atoms with E-state index in [4.69, 9.17) is 9.47 Å². The van der Waals surface area contributed by atoms with Crippen LogP contribution in [0, 0.1) is 0 Å². The lowest BCUT2D eigenvalue weighted by Crippen LogP contribution is -2.02. The van der Waals surface area contributed by atoms with Crippen LogP contribution >= 0.6 is 0 Å². The lowest BCUT2D eigenvalue weighted by Gasteiger charge is -2.15. The second-order valence-electron chi connectivity index (χ2n) is 5.28. The highest BCUT2D eigenvalue weighted by atomic mass is 16.5. The molecular weight excluding hydrogens is 320 g/mol. The van der Waals surface area contributed by atoms with Gasteiger partial charge in [0.05, 0.1) is 0 Å². The molecule has 5 heteroatoms. The van der Waals surface area contributed by atoms with Crippen LogP contribution in [0.15, 0.2) is 72.8 Å². The minimum absolute atomic E-state index is 0.00685. The molecule has 3 aromatic rings. The van der Waals surface area contributed by atoms with Crippen molar-refractivity contribution < 1.29 is 24.5 Å². The highest BCUT2D eigenvalue weighted by Crippen LogP contribution is 2.41. The number of carbonyl (C=O) groups is 1. The molecule has 0 amide bonds. The van der Waals surface area contributed by atoms with Crippen LogP contribution < -0.4 is 9.47 Å². The van der Waals surface area contributed by atoms with Crippen molar-refractivity contribution in [1.82, 2.24) is 0 Å². The second kappa shape index (κ2) is 7.40. The van der Waals surface area contributed by atoms with Gasteiger partial charge in [-0.2, -0.15) is 0 Å². The van der Waals surface area contributed by atoms with E-state index >= 15 is 0 Å². The van der Waals surface area contributed by atoms with Crippen LogP contribution in [0.4, 0.5) is 0 Å². The number of benzene rings is 3. The molecular formula is C20H16O5. The van der Waals surface area contributed by atoms with Crippen LogP contribution in [0.1, 0.15) is 15.9 Å². The molecule has 126 valence electrons. The molecule has 0 aromatic heterocycles. The minimum Gasteiger partial charge on any atom is -0.504 e. The summed E-state index contributed by atoms with van der Waals surface area (Å²) in [5.74, 6) is -0.919. The molecule has 3 aromatic carbocycles. The molecule has 0 aliphatic carbocycles. The van der Waals surface area contributed by atoms with E-state index in [2.05, 4.69) is 0 Å². The Bertz CT molecular complexity index is 860. The van der Waals surface area contributed by atoms with Gasteiger partial charge in [-0.3, -0.25) is 0 Å². The highest BCUT2D eigenvalue weighted by molar-refractivity contribution is 5.92. The standard InChI is InChI=1S/C20H16O5/c21-18-16(20(22)23)11-12-17(25-15-9-5-2-6-10-15)19(18)24-13-14-7-3-1-4-8-14/h1-12,21H,13H2,(H,22,23). The van der Waals surface area contributed by atoms with Crippen LogP contribution in [0.25, 0.3) is 0 Å². The summed E-state index contributed by atoms with van der Waals surface area (Å²) < 4.78 is 11.4. The Hall–Kier alpha value is -3.47. The van der Waals surface area contributed by atoms with E-state index in [1.54, 1.807) is 12.1 Å². The summed E-state index contributed by atoms with van der Waals surface area (Å²) in [4.78, 5) is 11.3. The molecule has 0 aliphatic rings. The molecule has 0 atom stereocenters. The van der Waals surface area contributed by atoms with Crippen molar-refractivity contribution in [3.05, 3.63) is 83.9 Å². The Morgan fingerprint density at radius 3 is 2.16 bits per heavy atom. The fourth-order valence-electron chi connectivity index (χ4n) is 2.29. The van der Waals surface area contributed by atoms with Crippen molar-refractivity contribution in [3.8, 4) is 23.0 Å². The monoisotopic (exact) mass is 336 g/mol. The Labute approximate surface area is 144 Å². The van der Waals surface area contributed by atoms with Crippen LogP contribution in [0.3, 0.4) is 0 Å². The predicted molar refractivity (Wildman–Crippen MR) is 92.4 cm³/mol. The van der Waals surface area contributed by atoms with Crippen molar-refractivity contribution in [3.63, 3.8) is 0 Å². The van der Waals surface area contributed by atoms with Gasteiger partial charge < -0.3 is 19.7 Å². The number of phenols is 1. The molecule has 25 heavy (non-hydrogen) atoms. The molecule has 0 aliphatic heterocycles. The van der Waals surface area contributed by atoms with Gasteiger partial charge in [0, 0.05) is 0 Å². The van der Waals surface area contributed by atoms with Gasteiger partial charge in [-0.05, 0) is 29.8 Å². The van der Waals surface area contributed by atoms with Crippen molar-refractivity contribution in [2.45, 2.75) is 6.61 Å². The third-order valence-electron chi connectivity index (χ3n) is 3.52. The molecule has 0 unspecified atom stereocenters. The predicted octanol–water partition coefficient (Wildman–Crippen LogP) is 4.46. The lowest BCUT2D eigenvalue weighted by atomic mass is 10.1. The summed E-state index contributed by atoms with van der Waals surface area (Å²) in [7, 11) is 0. The maximum atomic E-state index is 11.3. The molecule has 0 spiro atoms. The second-order valence-corrected chi connectivity index (χ2v) is 5.28. The SMILES string of the molecule is O=C(O)c1ccc(Oc2ccccc2)c(OCc2ccccc2)c1O. The fraction of sp³-hybridized carbons (Fsp3) is 0.0500. The number of hydrogen-bond donors (Lipinski definition) is 2. The largest absolute Gasteiger partial charge is 0.504 e. The zero-order chi connectivity index (χ0) is 17.6. The third-order valence-corrected chi connectivity index (χ3v) is 3.52. The number of aromatic hydroxyl groups is 1. The van der Waals surface area contributed by atoms with Gasteiger partial charge in [0.15, 0.2) is 11.5 Å². The quantitative estimate of drug-likeness (QED) is 0.695. The summed E-state index contributed by atoms with van der Waals surface area (Å²) >= 11 is 0. The van der Waals surface area contributed by atoms with Crippen molar-refractivity contribution in [1.29, 1.82) is 0 Å². The van der Waals surface area contributed by atoms with E-state index in [0.29, 0.717) is 5.75 Å². The maximum absolute atomic E-state index is 11.3. The summed E-state index contributed by atoms with van der Waals surface area (Å²) in [5, 5.41) is 19.5. The molecule has 0 saturated carbocycles. The first-order valence-electron chi connectivity index (χ1n) is 7.64. The van der Waals surface area contributed by atoms with E-state index in [9.17, 15) is 15.0 Å². The van der Waals surface area contributed by atoms with Crippen LogP contribution in [0.2, 0.25) is 0 Å². The summed E-state index contributed by atoms with van der Waals surface area (Å²) in [5.41, 5.74) is 0.636. The number of para-hydroxylation sites is 1. The van der Waals surface area contributed by atoms with E-state index in [0.717, 1.165) is 5.56 Å². The first kappa shape index (κ1) is 16.4. The van der Waals surface area contributed by atoms with Gasteiger partial charge >= 0.3 is 5.97 Å². The summed E-state index contributed by atoms with van der Waals surface area (Å²) in [6.45, 7) is 0.169. The molecule has 0 fully saturated rings. The van der Waals surface area contributed by atoms with Crippen molar-refractivity contribution >= 4 is 5.97 Å². The molecule has 0 heterocycles. The van der Waals surface area contributed by atoms with Crippen molar-refractivity contribution in [2.24, 2.45) is 0 Å². The number of carboxylic acid groups (broad SMARTS) is 1. The third kappa shape index (κ3) is 3.90. The fourth-order valence-corrected chi connectivity index (χ4v) is 2.29. The number of carboxylic acids is 1. The lowest BCUT2D eigenvalue weighted by molar-refractivity contribution is 0.0692. The molecule has 0 radical (unpaired) electrons. The minimum atomic E-state index is -1.24. The van der Waals surface area contributed by atoms with Crippen LogP contribution in [-0.4, -0.2) is 16.2 Å². The topological polar surface area (TPSA) is 76.0 Å². The molecule has 5 nitrogen and oxygen atoms in total. The van der Waals surface area contributed by atoms with Gasteiger partial charge in [-0.15, -0.1) is 0 Å².